The van der Waals surface area contributed by atoms with Crippen LogP contribution in [0.5, 0.6) is 0 Å². The van der Waals surface area contributed by atoms with Crippen molar-refractivity contribution >= 4 is 23.0 Å². The summed E-state index contributed by atoms with van der Waals surface area (Å²) in [6.45, 7) is 9.45. The number of carboxylic acids is 1. The zero-order chi connectivity index (χ0) is 18.0. The van der Waals surface area contributed by atoms with Crippen molar-refractivity contribution in [2.75, 3.05) is 0 Å². The van der Waals surface area contributed by atoms with Gasteiger partial charge in [-0.05, 0) is 31.2 Å². The first-order chi connectivity index (χ1) is 11.2. The average Bonchev–Trinajstić information content (AvgIpc) is 2.88. The Balaban J connectivity index is 2.44. The predicted molar refractivity (Wildman–Crippen MR) is 89.0 cm³/mol. The number of aryl methyl sites for hydroxylation is 1. The van der Waals surface area contributed by atoms with Gasteiger partial charge in [-0.2, -0.15) is 0 Å². The van der Waals surface area contributed by atoms with Crippen LogP contribution in [0.2, 0.25) is 0 Å². The molecule has 1 amide bonds. The largest absolute Gasteiger partial charge is 0.480 e. The molecular formula is C17H23N3O4. The molecule has 2 rings (SSSR count). The lowest BCUT2D eigenvalue weighted by Gasteiger charge is -2.17. The SMILES string of the molecule is Cc1cc(C(=O)N[C@H](CC(C)C)C(=O)O)c2c(C(C)C)noc2n1. The maximum absolute atomic E-state index is 12.7. The fourth-order valence-electron chi connectivity index (χ4n) is 2.60. The first kappa shape index (κ1) is 17.9. The maximum atomic E-state index is 12.7. The number of fused-ring (bicyclic) bond motifs is 1. The van der Waals surface area contributed by atoms with Crippen LogP contribution in [0.4, 0.5) is 0 Å². The number of hydrogen-bond acceptors (Lipinski definition) is 5. The Hall–Kier alpha value is -2.44. The van der Waals surface area contributed by atoms with Crippen LogP contribution in [-0.2, 0) is 4.79 Å². The second-order valence-corrected chi connectivity index (χ2v) is 6.71. The van der Waals surface area contributed by atoms with E-state index >= 15 is 0 Å². The number of hydrogen-bond donors (Lipinski definition) is 2. The van der Waals surface area contributed by atoms with E-state index in [-0.39, 0.29) is 11.8 Å². The molecule has 0 aliphatic carbocycles. The van der Waals surface area contributed by atoms with E-state index in [0.29, 0.717) is 34.5 Å². The Morgan fingerprint density at radius 3 is 2.50 bits per heavy atom. The number of amides is 1. The van der Waals surface area contributed by atoms with Crippen LogP contribution in [0, 0.1) is 12.8 Å². The van der Waals surface area contributed by atoms with E-state index in [2.05, 4.69) is 15.5 Å². The van der Waals surface area contributed by atoms with E-state index in [0.717, 1.165) is 0 Å². The number of carbonyl (C=O) groups excluding carboxylic acids is 1. The van der Waals surface area contributed by atoms with Crippen molar-refractivity contribution in [1.82, 2.24) is 15.5 Å². The van der Waals surface area contributed by atoms with Crippen molar-refractivity contribution in [2.45, 2.75) is 53.0 Å². The standard InChI is InChI=1S/C17H23N3O4/c1-8(2)6-12(17(22)23)19-15(21)11-7-10(5)18-16-13(11)14(9(3)4)20-24-16/h7-9,12H,6H2,1-5H3,(H,19,21)(H,22,23)/t12-/m1/s1. The molecule has 7 heteroatoms. The number of pyridine rings is 1. The van der Waals surface area contributed by atoms with Gasteiger partial charge in [0.25, 0.3) is 11.6 Å². The van der Waals surface area contributed by atoms with Gasteiger partial charge in [-0.15, -0.1) is 0 Å². The first-order valence-electron chi connectivity index (χ1n) is 8.01. The van der Waals surface area contributed by atoms with Crippen LogP contribution in [0.25, 0.3) is 11.1 Å². The number of carboxylic acid groups (broad SMARTS) is 1. The maximum Gasteiger partial charge on any atom is 0.326 e. The summed E-state index contributed by atoms with van der Waals surface area (Å²) in [6.07, 6.45) is 0.356. The van der Waals surface area contributed by atoms with Crippen molar-refractivity contribution < 1.29 is 19.2 Å². The van der Waals surface area contributed by atoms with Crippen molar-refractivity contribution in [3.05, 3.63) is 23.0 Å². The smallest absolute Gasteiger partial charge is 0.326 e. The van der Waals surface area contributed by atoms with E-state index in [9.17, 15) is 14.7 Å². The molecule has 2 N–H and O–H groups in total. The van der Waals surface area contributed by atoms with Crippen LogP contribution < -0.4 is 5.32 Å². The highest BCUT2D eigenvalue weighted by Gasteiger charge is 2.26. The van der Waals surface area contributed by atoms with Gasteiger partial charge in [-0.25, -0.2) is 9.78 Å². The summed E-state index contributed by atoms with van der Waals surface area (Å²) in [5, 5.41) is 16.5. The zero-order valence-corrected chi connectivity index (χ0v) is 14.6. The summed E-state index contributed by atoms with van der Waals surface area (Å²) >= 11 is 0. The van der Waals surface area contributed by atoms with Gasteiger partial charge in [-0.3, -0.25) is 4.79 Å². The molecule has 0 radical (unpaired) electrons. The second-order valence-electron chi connectivity index (χ2n) is 6.71. The fourth-order valence-corrected chi connectivity index (χ4v) is 2.60. The monoisotopic (exact) mass is 333 g/mol. The molecule has 24 heavy (non-hydrogen) atoms. The number of carbonyl (C=O) groups is 2. The molecule has 2 aromatic rings. The summed E-state index contributed by atoms with van der Waals surface area (Å²) in [6, 6.07) is 0.693. The lowest BCUT2D eigenvalue weighted by atomic mass is 10.0. The minimum atomic E-state index is -1.05. The van der Waals surface area contributed by atoms with Gasteiger partial charge in [0.05, 0.1) is 16.6 Å². The summed E-state index contributed by atoms with van der Waals surface area (Å²) in [7, 11) is 0. The number of nitrogens with zero attached hydrogens (tertiary/aromatic N) is 2. The van der Waals surface area contributed by atoms with E-state index in [1.54, 1.807) is 13.0 Å². The van der Waals surface area contributed by atoms with Crippen LogP contribution >= 0.6 is 0 Å². The molecule has 1 atom stereocenters. The van der Waals surface area contributed by atoms with Crippen LogP contribution in [0.3, 0.4) is 0 Å². The molecule has 0 aliphatic rings. The van der Waals surface area contributed by atoms with Crippen molar-refractivity contribution in [2.24, 2.45) is 5.92 Å². The summed E-state index contributed by atoms with van der Waals surface area (Å²) < 4.78 is 5.24. The van der Waals surface area contributed by atoms with Crippen molar-refractivity contribution in [1.29, 1.82) is 0 Å². The van der Waals surface area contributed by atoms with Crippen LogP contribution in [0.15, 0.2) is 10.6 Å². The van der Waals surface area contributed by atoms with Crippen LogP contribution in [-0.4, -0.2) is 33.2 Å². The molecule has 0 fully saturated rings. The van der Waals surface area contributed by atoms with E-state index < -0.39 is 17.9 Å². The van der Waals surface area contributed by atoms with E-state index in [4.69, 9.17) is 4.52 Å². The highest BCUT2D eigenvalue weighted by Crippen LogP contribution is 2.27. The Morgan fingerprint density at radius 1 is 1.29 bits per heavy atom. The minimum Gasteiger partial charge on any atom is -0.480 e. The van der Waals surface area contributed by atoms with Gasteiger partial charge in [-0.1, -0.05) is 32.9 Å². The van der Waals surface area contributed by atoms with Gasteiger partial charge in [0.15, 0.2) is 0 Å². The van der Waals surface area contributed by atoms with Crippen molar-refractivity contribution in [3.63, 3.8) is 0 Å². The quantitative estimate of drug-likeness (QED) is 0.842. The second kappa shape index (κ2) is 6.98. The molecule has 0 saturated heterocycles. The Bertz CT molecular complexity index is 765. The van der Waals surface area contributed by atoms with Gasteiger partial charge in [0, 0.05) is 5.69 Å². The molecule has 0 bridgehead atoms. The Kier molecular flexibility index (Phi) is 5.21. The summed E-state index contributed by atoms with van der Waals surface area (Å²) in [5.41, 5.74) is 1.88. The van der Waals surface area contributed by atoms with Gasteiger partial charge < -0.3 is 14.9 Å². The zero-order valence-electron chi connectivity index (χ0n) is 14.6. The number of aromatic nitrogens is 2. The van der Waals surface area contributed by atoms with Crippen LogP contribution in [0.1, 0.15) is 61.8 Å². The summed E-state index contributed by atoms with van der Waals surface area (Å²) in [5.74, 6) is -1.31. The molecule has 0 aliphatic heterocycles. The average molecular weight is 333 g/mol. The molecule has 7 nitrogen and oxygen atoms in total. The van der Waals surface area contributed by atoms with E-state index in [1.165, 1.54) is 0 Å². The number of nitrogens with one attached hydrogen (secondary N) is 1. The fraction of sp³-hybridized carbons (Fsp3) is 0.529. The first-order valence-corrected chi connectivity index (χ1v) is 8.01. The number of aliphatic carboxylic acids is 1. The third-order valence-electron chi connectivity index (χ3n) is 3.70. The molecule has 0 saturated carbocycles. The third-order valence-corrected chi connectivity index (χ3v) is 3.70. The molecular weight excluding hydrogens is 310 g/mol. The third kappa shape index (κ3) is 3.72. The highest BCUT2D eigenvalue weighted by molar-refractivity contribution is 6.07. The topological polar surface area (TPSA) is 105 Å². The molecule has 130 valence electrons. The molecule has 0 spiro atoms. The lowest BCUT2D eigenvalue weighted by Crippen LogP contribution is -2.41. The van der Waals surface area contributed by atoms with E-state index in [1.807, 2.05) is 27.7 Å². The predicted octanol–water partition coefficient (Wildman–Crippen LogP) is 2.88. The number of rotatable bonds is 6. The highest BCUT2D eigenvalue weighted by atomic mass is 16.5. The molecule has 2 heterocycles. The van der Waals surface area contributed by atoms with Gasteiger partial charge in [0.2, 0.25) is 0 Å². The molecule has 0 aromatic carbocycles. The van der Waals surface area contributed by atoms with Gasteiger partial charge in [0.1, 0.15) is 6.04 Å². The minimum absolute atomic E-state index is 0.0493. The normalized spacial score (nSPS) is 12.8. The molecule has 2 aromatic heterocycles. The summed E-state index contributed by atoms with van der Waals surface area (Å²) in [4.78, 5) is 28.4. The van der Waals surface area contributed by atoms with Crippen molar-refractivity contribution in [3.8, 4) is 0 Å². The van der Waals surface area contributed by atoms with Gasteiger partial charge >= 0.3 is 5.97 Å². The lowest BCUT2D eigenvalue weighted by molar-refractivity contribution is -0.139. The Morgan fingerprint density at radius 2 is 1.96 bits per heavy atom. The Labute approximate surface area is 140 Å². The molecule has 0 unspecified atom stereocenters.